The number of pyridine rings is 1. The smallest absolute Gasteiger partial charge is 0.573 e. The number of alkyl halides is 3. The van der Waals surface area contributed by atoms with Crippen LogP contribution in [0.1, 0.15) is 18.4 Å². The van der Waals surface area contributed by atoms with Gasteiger partial charge in [-0.05, 0) is 30.2 Å². The highest BCUT2D eigenvalue weighted by Crippen LogP contribution is 2.24. The second kappa shape index (κ2) is 10.1. The molecule has 3 heterocycles. The number of rotatable bonds is 8. The highest BCUT2D eigenvalue weighted by atomic mass is 19.4. The van der Waals surface area contributed by atoms with Crippen LogP contribution in [-0.4, -0.2) is 53.1 Å². The summed E-state index contributed by atoms with van der Waals surface area (Å²) < 4.78 is 46.6. The number of hydrogen-bond acceptors (Lipinski definition) is 9. The van der Waals surface area contributed by atoms with Crippen molar-refractivity contribution in [2.24, 2.45) is 0 Å². The predicted octanol–water partition coefficient (Wildman–Crippen LogP) is 1.41. The maximum Gasteiger partial charge on any atom is 0.573 e. The van der Waals surface area contributed by atoms with Crippen molar-refractivity contribution in [2.75, 3.05) is 25.0 Å². The quantitative estimate of drug-likeness (QED) is 0.281. The molecule has 35 heavy (non-hydrogen) atoms. The Morgan fingerprint density at radius 1 is 1.26 bits per heavy atom. The van der Waals surface area contributed by atoms with Gasteiger partial charge in [0.2, 0.25) is 5.10 Å². The van der Waals surface area contributed by atoms with E-state index in [1.807, 2.05) is 12.1 Å². The van der Waals surface area contributed by atoms with Gasteiger partial charge in [0.05, 0.1) is 19.0 Å². The first-order valence-corrected chi connectivity index (χ1v) is 10.7. The second-order valence-electron chi connectivity index (χ2n) is 7.86. The van der Waals surface area contributed by atoms with Crippen LogP contribution in [0.25, 0.3) is 11.0 Å². The van der Waals surface area contributed by atoms with E-state index in [2.05, 4.69) is 25.0 Å². The van der Waals surface area contributed by atoms with Crippen LogP contribution in [0.2, 0.25) is 0 Å². The molecule has 0 radical (unpaired) electrons. The van der Waals surface area contributed by atoms with Crippen LogP contribution >= 0.6 is 0 Å². The van der Waals surface area contributed by atoms with Crippen molar-refractivity contribution < 1.29 is 37.0 Å². The highest BCUT2D eigenvalue weighted by Gasteiger charge is 2.32. The first-order valence-electron chi connectivity index (χ1n) is 10.7. The molecule has 3 aromatic rings. The molecule has 1 aliphatic heterocycles. The summed E-state index contributed by atoms with van der Waals surface area (Å²) in [5, 5.41) is 30.7. The number of halogens is 3. The van der Waals surface area contributed by atoms with Gasteiger partial charge in [-0.25, -0.2) is 4.73 Å². The van der Waals surface area contributed by atoms with E-state index < -0.39 is 29.5 Å². The number of benzene rings is 1. The first kappa shape index (κ1) is 24.2. The fourth-order valence-electron chi connectivity index (χ4n) is 3.74. The van der Waals surface area contributed by atoms with E-state index in [1.54, 1.807) is 12.4 Å². The number of nitrogens with one attached hydrogen (secondary N) is 1. The Labute approximate surface area is 196 Å². The minimum Gasteiger partial charge on any atom is -0.739 e. The third-order valence-electron chi connectivity index (χ3n) is 5.25. The van der Waals surface area contributed by atoms with Gasteiger partial charge >= 0.3 is 23.8 Å². The van der Waals surface area contributed by atoms with Crippen molar-refractivity contribution in [3.63, 3.8) is 0 Å². The standard InChI is InChI=1S/C21H21F3N6O5/c22-21(23,24)35-15-3-4-17-18(10-15)30(33)27-20(29(17)32)26-8-5-19(31)34-16-6-9-28(13-16)12-14-2-1-7-25-11-14/h1-4,7,10-11,16H,5-6,8-9,12-13H2,(H,26,27). The zero-order valence-electron chi connectivity index (χ0n) is 18.3. The normalized spacial score (nSPS) is 16.4. The molecule has 1 saturated heterocycles. The summed E-state index contributed by atoms with van der Waals surface area (Å²) in [6, 6.07) is 6.51. The van der Waals surface area contributed by atoms with Crippen molar-refractivity contribution in [3.05, 3.63) is 58.7 Å². The summed E-state index contributed by atoms with van der Waals surface area (Å²) in [7, 11) is 0. The van der Waals surface area contributed by atoms with E-state index >= 15 is 0 Å². The molecule has 1 atom stereocenters. The molecular weight excluding hydrogens is 473 g/mol. The zero-order valence-corrected chi connectivity index (χ0v) is 18.3. The molecular formula is C21H21F3N6O5. The lowest BCUT2D eigenvalue weighted by Gasteiger charge is -2.16. The number of ether oxygens (including phenoxy) is 2. The molecule has 0 spiro atoms. The Bertz CT molecular complexity index is 1200. The second-order valence-corrected chi connectivity index (χ2v) is 7.86. The van der Waals surface area contributed by atoms with Gasteiger partial charge in [-0.3, -0.25) is 20.0 Å². The number of fused-ring (bicyclic) bond motifs is 1. The number of hydrogen-bond donors (Lipinski definition) is 1. The Kier molecular flexibility index (Phi) is 7.00. The Hall–Kier alpha value is -3.94. The molecule has 0 bridgehead atoms. The molecule has 186 valence electrons. The van der Waals surface area contributed by atoms with Gasteiger partial charge in [-0.2, -0.15) is 0 Å². The summed E-state index contributed by atoms with van der Waals surface area (Å²) in [6.45, 7) is 2.04. The van der Waals surface area contributed by atoms with Crippen LogP contribution < -0.4 is 19.6 Å². The largest absolute Gasteiger partial charge is 0.739 e. The van der Waals surface area contributed by atoms with Crippen LogP contribution in [0.3, 0.4) is 0 Å². The number of esters is 1. The summed E-state index contributed by atoms with van der Waals surface area (Å²) in [4.78, 5) is 18.4. The summed E-state index contributed by atoms with van der Waals surface area (Å²) in [5.41, 5.74) is 0.426. The van der Waals surface area contributed by atoms with Gasteiger partial charge in [0.15, 0.2) is 5.52 Å². The summed E-state index contributed by atoms with van der Waals surface area (Å²) in [6.07, 6.45) is -1.10. The van der Waals surface area contributed by atoms with Gasteiger partial charge < -0.3 is 19.9 Å². The molecule has 11 nitrogen and oxygen atoms in total. The molecule has 4 rings (SSSR count). The van der Waals surface area contributed by atoms with Gasteiger partial charge in [-0.1, -0.05) is 6.07 Å². The third kappa shape index (κ3) is 6.35. The van der Waals surface area contributed by atoms with Gasteiger partial charge in [0.1, 0.15) is 11.9 Å². The van der Waals surface area contributed by atoms with Crippen molar-refractivity contribution >= 4 is 23.0 Å². The maximum atomic E-state index is 12.5. The van der Waals surface area contributed by atoms with E-state index in [4.69, 9.17) is 4.74 Å². The van der Waals surface area contributed by atoms with Crippen molar-refractivity contribution in [1.29, 1.82) is 0 Å². The average Bonchev–Trinajstić information content (AvgIpc) is 3.23. The van der Waals surface area contributed by atoms with E-state index in [0.29, 0.717) is 19.5 Å². The summed E-state index contributed by atoms with van der Waals surface area (Å²) in [5.74, 6) is -1.55. The molecule has 14 heteroatoms. The fraction of sp³-hybridized carbons (Fsp3) is 0.381. The molecule has 1 fully saturated rings. The van der Waals surface area contributed by atoms with Gasteiger partial charge in [0, 0.05) is 36.9 Å². The van der Waals surface area contributed by atoms with Crippen LogP contribution in [0.5, 0.6) is 5.75 Å². The minimum atomic E-state index is -4.95. The minimum absolute atomic E-state index is 0.00297. The fourth-order valence-corrected chi connectivity index (χ4v) is 3.74. The first-order chi connectivity index (χ1) is 16.7. The average molecular weight is 494 g/mol. The van der Waals surface area contributed by atoms with E-state index in [-0.39, 0.29) is 34.2 Å². The lowest BCUT2D eigenvalue weighted by Crippen LogP contribution is -2.44. The molecule has 0 amide bonds. The van der Waals surface area contributed by atoms with Crippen molar-refractivity contribution in [2.45, 2.75) is 31.9 Å². The molecule has 2 aromatic heterocycles. The van der Waals surface area contributed by atoms with E-state index in [0.717, 1.165) is 30.3 Å². The maximum absolute atomic E-state index is 12.5. The SMILES string of the molecule is O=C(CCNc1n[n+]([O-])c2cc(OC(F)(F)F)ccc2[n+]1[O-])OC1CCN(Cc2cccnc2)C1. The molecule has 1 N–H and O–H groups in total. The van der Waals surface area contributed by atoms with Crippen LogP contribution in [0, 0.1) is 10.4 Å². The monoisotopic (exact) mass is 494 g/mol. The van der Waals surface area contributed by atoms with Crippen molar-refractivity contribution in [1.82, 2.24) is 15.0 Å². The highest BCUT2D eigenvalue weighted by molar-refractivity contribution is 5.71. The number of anilines is 1. The topological polar surface area (TPSA) is 130 Å². The molecule has 1 aromatic carbocycles. The number of nitrogens with zero attached hydrogens (tertiary/aromatic N) is 5. The van der Waals surface area contributed by atoms with Crippen LogP contribution in [-0.2, 0) is 16.1 Å². The zero-order chi connectivity index (χ0) is 25.0. The van der Waals surface area contributed by atoms with E-state index in [9.17, 15) is 28.4 Å². The Balaban J connectivity index is 1.29. The van der Waals surface area contributed by atoms with Gasteiger partial charge in [0.25, 0.3) is 0 Å². The molecule has 0 aliphatic carbocycles. The third-order valence-corrected chi connectivity index (χ3v) is 5.25. The number of aromatic nitrogens is 4. The molecule has 0 saturated carbocycles. The summed E-state index contributed by atoms with van der Waals surface area (Å²) >= 11 is 0. The lowest BCUT2D eigenvalue weighted by atomic mass is 10.3. The Morgan fingerprint density at radius 2 is 2.09 bits per heavy atom. The van der Waals surface area contributed by atoms with Crippen LogP contribution in [0.15, 0.2) is 42.7 Å². The Morgan fingerprint density at radius 3 is 2.83 bits per heavy atom. The number of carbonyl (C=O) groups is 1. The van der Waals surface area contributed by atoms with Crippen molar-refractivity contribution in [3.8, 4) is 5.75 Å². The van der Waals surface area contributed by atoms with Crippen LogP contribution in [0.4, 0.5) is 19.1 Å². The molecule has 1 aliphatic rings. The number of likely N-dealkylation sites (tertiary alicyclic amines) is 1. The lowest BCUT2D eigenvalue weighted by molar-refractivity contribution is -0.672. The molecule has 1 unspecified atom stereocenters. The predicted molar refractivity (Wildman–Crippen MR) is 113 cm³/mol. The van der Waals surface area contributed by atoms with E-state index in [1.165, 1.54) is 0 Å². The number of carbonyl (C=O) groups excluding carboxylic acids is 1. The van der Waals surface area contributed by atoms with Gasteiger partial charge in [-0.15, -0.1) is 13.2 Å².